The SMILES string of the molecule is COc1ccc(OC)c([C@@H]2CCCN2C(=O)C2[C@@H]3CCCC[C@@H]23)c1. The van der Waals surface area contributed by atoms with Crippen molar-refractivity contribution in [3.63, 3.8) is 0 Å². The number of amides is 1. The third-order valence-electron chi connectivity index (χ3n) is 6.27. The number of likely N-dealkylation sites (tertiary alicyclic amines) is 1. The Kier molecular flexibility index (Phi) is 4.15. The van der Waals surface area contributed by atoms with E-state index in [0.29, 0.717) is 23.7 Å². The van der Waals surface area contributed by atoms with Crippen molar-refractivity contribution in [3.8, 4) is 11.5 Å². The van der Waals surface area contributed by atoms with E-state index >= 15 is 0 Å². The first-order valence-corrected chi connectivity index (χ1v) is 9.27. The van der Waals surface area contributed by atoms with Crippen molar-refractivity contribution in [2.75, 3.05) is 20.8 Å². The molecule has 3 fully saturated rings. The lowest BCUT2D eigenvalue weighted by Crippen LogP contribution is -2.32. The van der Waals surface area contributed by atoms with Crippen LogP contribution in [0.1, 0.15) is 50.1 Å². The Morgan fingerprint density at radius 2 is 1.79 bits per heavy atom. The van der Waals surface area contributed by atoms with Crippen LogP contribution in [0.15, 0.2) is 18.2 Å². The van der Waals surface area contributed by atoms with Crippen LogP contribution < -0.4 is 9.47 Å². The maximum atomic E-state index is 13.2. The highest BCUT2D eigenvalue weighted by Crippen LogP contribution is 2.57. The molecule has 1 aromatic rings. The second kappa shape index (κ2) is 6.30. The number of rotatable bonds is 4. The smallest absolute Gasteiger partial charge is 0.226 e. The van der Waals surface area contributed by atoms with Crippen molar-refractivity contribution in [1.82, 2.24) is 4.90 Å². The van der Waals surface area contributed by atoms with Crippen LogP contribution in [0, 0.1) is 17.8 Å². The van der Waals surface area contributed by atoms with E-state index in [2.05, 4.69) is 4.90 Å². The Morgan fingerprint density at radius 3 is 2.46 bits per heavy atom. The summed E-state index contributed by atoms with van der Waals surface area (Å²) in [4.78, 5) is 15.3. The number of nitrogens with zero attached hydrogens (tertiary/aromatic N) is 1. The highest BCUT2D eigenvalue weighted by Gasteiger charge is 2.56. The number of benzene rings is 1. The lowest BCUT2D eigenvalue weighted by molar-refractivity contribution is -0.134. The molecule has 4 nitrogen and oxygen atoms in total. The molecule has 3 aliphatic rings. The summed E-state index contributed by atoms with van der Waals surface area (Å²) in [7, 11) is 3.37. The number of hydrogen-bond donors (Lipinski definition) is 0. The van der Waals surface area contributed by atoms with E-state index in [0.717, 1.165) is 36.4 Å². The van der Waals surface area contributed by atoms with Gasteiger partial charge in [0.1, 0.15) is 11.5 Å². The largest absolute Gasteiger partial charge is 0.497 e. The first-order chi connectivity index (χ1) is 11.7. The Balaban J connectivity index is 1.58. The minimum atomic E-state index is 0.130. The summed E-state index contributed by atoms with van der Waals surface area (Å²) in [6, 6.07) is 6.03. The fraction of sp³-hybridized carbons (Fsp3) is 0.650. The average Bonchev–Trinajstić information content (AvgIpc) is 3.15. The van der Waals surface area contributed by atoms with Gasteiger partial charge in [-0.2, -0.15) is 0 Å². The van der Waals surface area contributed by atoms with Gasteiger partial charge in [0.05, 0.1) is 20.3 Å². The molecule has 2 saturated carbocycles. The summed E-state index contributed by atoms with van der Waals surface area (Å²) in [6.07, 6.45) is 7.19. The lowest BCUT2D eigenvalue weighted by Gasteiger charge is -2.27. The number of ether oxygens (including phenoxy) is 2. The summed E-state index contributed by atoms with van der Waals surface area (Å²) in [5.41, 5.74) is 1.09. The van der Waals surface area contributed by atoms with E-state index in [-0.39, 0.29) is 6.04 Å². The summed E-state index contributed by atoms with van der Waals surface area (Å²) in [5, 5.41) is 0. The Bertz CT molecular complexity index is 617. The van der Waals surface area contributed by atoms with Gasteiger partial charge in [-0.3, -0.25) is 4.79 Å². The van der Waals surface area contributed by atoms with Gasteiger partial charge in [-0.1, -0.05) is 12.8 Å². The minimum Gasteiger partial charge on any atom is -0.497 e. The van der Waals surface area contributed by atoms with E-state index < -0.39 is 0 Å². The van der Waals surface area contributed by atoms with Gasteiger partial charge >= 0.3 is 0 Å². The number of carbonyl (C=O) groups excluding carboxylic acids is 1. The van der Waals surface area contributed by atoms with Crippen molar-refractivity contribution >= 4 is 5.91 Å². The fourth-order valence-electron chi connectivity index (χ4n) is 5.00. The number of methoxy groups -OCH3 is 2. The Hall–Kier alpha value is -1.71. The molecule has 0 bridgehead atoms. The lowest BCUT2D eigenvalue weighted by atomic mass is 10.0. The van der Waals surface area contributed by atoms with Gasteiger partial charge in [0.2, 0.25) is 5.91 Å². The molecule has 1 aliphatic heterocycles. The molecule has 0 spiro atoms. The molecule has 4 heteroatoms. The molecule has 2 aliphatic carbocycles. The monoisotopic (exact) mass is 329 g/mol. The highest BCUT2D eigenvalue weighted by atomic mass is 16.5. The fourth-order valence-corrected chi connectivity index (χ4v) is 5.00. The molecule has 1 amide bonds. The molecule has 1 heterocycles. The molecule has 24 heavy (non-hydrogen) atoms. The number of hydrogen-bond acceptors (Lipinski definition) is 3. The second-order valence-corrected chi connectivity index (χ2v) is 7.44. The molecule has 130 valence electrons. The molecule has 3 atom stereocenters. The van der Waals surface area contributed by atoms with Crippen LogP contribution in [-0.2, 0) is 4.79 Å². The normalized spacial score (nSPS) is 31.5. The predicted molar refractivity (Wildman–Crippen MR) is 92.2 cm³/mol. The van der Waals surface area contributed by atoms with Gasteiger partial charge in [-0.15, -0.1) is 0 Å². The van der Waals surface area contributed by atoms with Gasteiger partial charge in [0.25, 0.3) is 0 Å². The zero-order chi connectivity index (χ0) is 16.7. The molecule has 4 rings (SSSR count). The van der Waals surface area contributed by atoms with E-state index in [9.17, 15) is 4.79 Å². The van der Waals surface area contributed by atoms with E-state index in [1.54, 1.807) is 14.2 Å². The van der Waals surface area contributed by atoms with Crippen LogP contribution in [0.2, 0.25) is 0 Å². The summed E-state index contributed by atoms with van der Waals surface area (Å²) >= 11 is 0. The van der Waals surface area contributed by atoms with Gasteiger partial charge in [-0.05, 0) is 55.7 Å². The van der Waals surface area contributed by atoms with Crippen LogP contribution in [-0.4, -0.2) is 31.6 Å². The number of carbonyl (C=O) groups is 1. The Morgan fingerprint density at radius 1 is 1.04 bits per heavy atom. The first kappa shape index (κ1) is 15.8. The van der Waals surface area contributed by atoms with Crippen LogP contribution >= 0.6 is 0 Å². The van der Waals surface area contributed by atoms with Crippen LogP contribution in [0.4, 0.5) is 0 Å². The van der Waals surface area contributed by atoms with Gasteiger partial charge in [-0.25, -0.2) is 0 Å². The zero-order valence-electron chi connectivity index (χ0n) is 14.7. The molecule has 1 aromatic carbocycles. The van der Waals surface area contributed by atoms with Crippen molar-refractivity contribution in [3.05, 3.63) is 23.8 Å². The molecular weight excluding hydrogens is 302 g/mol. The standard InChI is InChI=1S/C20H27NO3/c1-23-13-9-10-18(24-2)16(12-13)17-8-5-11-21(17)20(22)19-14-6-3-4-7-15(14)19/h9-10,12,14-15,17,19H,3-8,11H2,1-2H3/t14-,15-,17+/m1/s1. The maximum Gasteiger partial charge on any atom is 0.226 e. The van der Waals surface area contributed by atoms with Crippen molar-refractivity contribution in [2.45, 2.75) is 44.6 Å². The predicted octanol–water partition coefficient (Wildman–Crippen LogP) is 3.80. The minimum absolute atomic E-state index is 0.130. The summed E-state index contributed by atoms with van der Waals surface area (Å²) in [5.74, 6) is 3.70. The van der Waals surface area contributed by atoms with Gasteiger partial charge in [0.15, 0.2) is 0 Å². The molecule has 0 N–H and O–H groups in total. The van der Waals surface area contributed by atoms with Gasteiger partial charge in [0, 0.05) is 18.0 Å². The Labute approximate surface area is 144 Å². The average molecular weight is 329 g/mol. The van der Waals surface area contributed by atoms with E-state index in [4.69, 9.17) is 9.47 Å². The van der Waals surface area contributed by atoms with Crippen LogP contribution in [0.25, 0.3) is 0 Å². The van der Waals surface area contributed by atoms with Crippen LogP contribution in [0.5, 0.6) is 11.5 Å². The van der Waals surface area contributed by atoms with Crippen molar-refractivity contribution < 1.29 is 14.3 Å². The molecule has 0 radical (unpaired) electrons. The molecule has 1 saturated heterocycles. The van der Waals surface area contributed by atoms with Crippen LogP contribution in [0.3, 0.4) is 0 Å². The topological polar surface area (TPSA) is 38.8 Å². The van der Waals surface area contributed by atoms with E-state index in [1.807, 2.05) is 18.2 Å². The summed E-state index contributed by atoms with van der Waals surface area (Å²) in [6.45, 7) is 0.875. The number of fused-ring (bicyclic) bond motifs is 1. The molecule has 0 unspecified atom stereocenters. The highest BCUT2D eigenvalue weighted by molar-refractivity contribution is 5.83. The third kappa shape index (κ3) is 2.56. The first-order valence-electron chi connectivity index (χ1n) is 9.27. The second-order valence-electron chi connectivity index (χ2n) is 7.44. The quantitative estimate of drug-likeness (QED) is 0.843. The zero-order valence-corrected chi connectivity index (χ0v) is 14.7. The third-order valence-corrected chi connectivity index (χ3v) is 6.27. The summed E-state index contributed by atoms with van der Waals surface area (Å²) < 4.78 is 11.0. The van der Waals surface area contributed by atoms with Crippen molar-refractivity contribution in [1.29, 1.82) is 0 Å². The molecule has 0 aromatic heterocycles. The van der Waals surface area contributed by atoms with Crippen molar-refractivity contribution in [2.24, 2.45) is 17.8 Å². The van der Waals surface area contributed by atoms with Gasteiger partial charge < -0.3 is 14.4 Å². The molecular formula is C20H27NO3. The maximum absolute atomic E-state index is 13.2. The van der Waals surface area contributed by atoms with E-state index in [1.165, 1.54) is 25.7 Å².